The van der Waals surface area contributed by atoms with Crippen LogP contribution in [0.3, 0.4) is 0 Å². The number of rotatable bonds is 5. The fourth-order valence-corrected chi connectivity index (χ4v) is 4.39. The van der Waals surface area contributed by atoms with Crippen LogP contribution in [0, 0.1) is 12.8 Å². The van der Waals surface area contributed by atoms with Crippen LogP contribution >= 0.6 is 11.3 Å². The molecule has 4 rings (SSSR count). The highest BCUT2D eigenvalue weighted by molar-refractivity contribution is 7.09. The lowest BCUT2D eigenvalue weighted by molar-refractivity contribution is -0.121. The number of aryl methyl sites for hydroxylation is 2. The number of carbonyl (C=O) groups excluding carboxylic acids is 2. The molecule has 2 aromatic rings. The minimum atomic E-state index is -0.529. The van der Waals surface area contributed by atoms with Crippen LogP contribution in [0.5, 0.6) is 0 Å². The monoisotopic (exact) mass is 388 g/mol. The first-order valence-corrected chi connectivity index (χ1v) is 10.2. The van der Waals surface area contributed by atoms with Gasteiger partial charge in [-0.2, -0.15) is 5.10 Å². The maximum absolute atomic E-state index is 12.8. The second-order valence-electron chi connectivity index (χ2n) is 7.29. The van der Waals surface area contributed by atoms with E-state index in [1.807, 2.05) is 31.6 Å². The molecule has 2 aliphatic rings. The number of anilines is 1. The van der Waals surface area contributed by atoms with E-state index < -0.39 is 6.04 Å². The van der Waals surface area contributed by atoms with E-state index in [0.29, 0.717) is 24.7 Å². The maximum atomic E-state index is 12.8. The number of piperidine rings is 1. The summed E-state index contributed by atoms with van der Waals surface area (Å²) in [6.07, 6.45) is 5.46. The molecule has 2 N–H and O–H groups in total. The molecular weight excluding hydrogens is 364 g/mol. The molecule has 9 heteroatoms. The Kier molecular flexibility index (Phi) is 4.86. The molecule has 1 aliphatic heterocycles. The van der Waals surface area contributed by atoms with Gasteiger partial charge in [-0.25, -0.2) is 9.78 Å². The molecule has 0 spiro atoms. The van der Waals surface area contributed by atoms with Crippen LogP contribution in [0.4, 0.5) is 10.6 Å². The third-order valence-corrected chi connectivity index (χ3v) is 6.05. The van der Waals surface area contributed by atoms with Gasteiger partial charge in [0.1, 0.15) is 11.0 Å². The summed E-state index contributed by atoms with van der Waals surface area (Å²) in [7, 11) is 1.82. The van der Waals surface area contributed by atoms with E-state index >= 15 is 0 Å². The average molecular weight is 388 g/mol. The van der Waals surface area contributed by atoms with Crippen molar-refractivity contribution in [3.63, 3.8) is 0 Å². The zero-order chi connectivity index (χ0) is 19.0. The SMILES string of the molecule is Cc1csc([C@@H](NC(=O)N[C@H]2CCCN(c3ccn(C)n3)C2=O)C2CC2)n1. The van der Waals surface area contributed by atoms with E-state index in [0.717, 1.165) is 30.0 Å². The predicted octanol–water partition coefficient (Wildman–Crippen LogP) is 2.13. The second kappa shape index (κ2) is 7.30. The van der Waals surface area contributed by atoms with E-state index in [2.05, 4.69) is 20.7 Å². The Labute approximate surface area is 162 Å². The lowest BCUT2D eigenvalue weighted by atomic mass is 10.0. The predicted molar refractivity (Wildman–Crippen MR) is 103 cm³/mol. The molecular formula is C18H24N6O2S. The first-order valence-electron chi connectivity index (χ1n) is 9.31. The third-order valence-electron chi connectivity index (χ3n) is 5.00. The van der Waals surface area contributed by atoms with Crippen molar-refractivity contribution in [1.82, 2.24) is 25.4 Å². The number of carbonyl (C=O) groups is 2. The number of nitrogens with one attached hydrogen (secondary N) is 2. The highest BCUT2D eigenvalue weighted by Gasteiger charge is 2.37. The molecule has 2 atom stereocenters. The zero-order valence-electron chi connectivity index (χ0n) is 15.5. The van der Waals surface area contributed by atoms with Crippen molar-refractivity contribution < 1.29 is 9.59 Å². The fourth-order valence-electron chi connectivity index (χ4n) is 3.45. The zero-order valence-corrected chi connectivity index (χ0v) is 16.3. The van der Waals surface area contributed by atoms with Gasteiger partial charge in [-0.3, -0.25) is 14.4 Å². The van der Waals surface area contributed by atoms with E-state index in [1.54, 1.807) is 20.9 Å². The number of urea groups is 1. The first kappa shape index (κ1) is 18.0. The highest BCUT2D eigenvalue weighted by atomic mass is 32.1. The molecule has 2 aromatic heterocycles. The van der Waals surface area contributed by atoms with Crippen LogP contribution in [0.25, 0.3) is 0 Å². The minimum absolute atomic E-state index is 0.0747. The molecule has 0 unspecified atom stereocenters. The van der Waals surface area contributed by atoms with Crippen molar-refractivity contribution >= 4 is 29.1 Å². The van der Waals surface area contributed by atoms with E-state index in [4.69, 9.17) is 0 Å². The molecule has 144 valence electrons. The maximum Gasteiger partial charge on any atom is 0.316 e. The van der Waals surface area contributed by atoms with Gasteiger partial charge < -0.3 is 10.6 Å². The van der Waals surface area contributed by atoms with Gasteiger partial charge in [0.2, 0.25) is 0 Å². The smallest absolute Gasteiger partial charge is 0.316 e. The average Bonchev–Trinajstić information content (AvgIpc) is 3.25. The van der Waals surface area contributed by atoms with E-state index in [-0.39, 0.29) is 18.0 Å². The largest absolute Gasteiger partial charge is 0.329 e. The van der Waals surface area contributed by atoms with E-state index in [1.165, 1.54) is 0 Å². The summed E-state index contributed by atoms with van der Waals surface area (Å²) in [5.41, 5.74) is 0.969. The van der Waals surface area contributed by atoms with Crippen molar-refractivity contribution in [2.24, 2.45) is 13.0 Å². The van der Waals surface area contributed by atoms with Crippen LogP contribution < -0.4 is 15.5 Å². The molecule has 0 radical (unpaired) electrons. The van der Waals surface area contributed by atoms with Gasteiger partial charge in [-0.1, -0.05) is 0 Å². The van der Waals surface area contributed by atoms with Crippen LogP contribution in [0.15, 0.2) is 17.6 Å². The quantitative estimate of drug-likeness (QED) is 0.821. The molecule has 3 heterocycles. The number of nitrogens with zero attached hydrogens (tertiary/aromatic N) is 4. The molecule has 0 aromatic carbocycles. The number of aromatic nitrogens is 3. The molecule has 0 bridgehead atoms. The van der Waals surface area contributed by atoms with Gasteiger partial charge in [0.15, 0.2) is 5.82 Å². The summed E-state index contributed by atoms with van der Waals surface area (Å²) >= 11 is 1.58. The molecule has 8 nitrogen and oxygen atoms in total. The first-order chi connectivity index (χ1) is 13.0. The fraction of sp³-hybridized carbons (Fsp3) is 0.556. The summed E-state index contributed by atoms with van der Waals surface area (Å²) in [5.74, 6) is 0.958. The topological polar surface area (TPSA) is 92.2 Å². The van der Waals surface area contributed by atoms with Gasteiger partial charge in [0.25, 0.3) is 5.91 Å². The molecule has 1 aliphatic carbocycles. The van der Waals surface area contributed by atoms with Crippen LogP contribution in [0.2, 0.25) is 0 Å². The lowest BCUT2D eigenvalue weighted by Crippen LogP contribution is -2.55. The van der Waals surface area contributed by atoms with Crippen molar-refractivity contribution in [3.8, 4) is 0 Å². The van der Waals surface area contributed by atoms with E-state index in [9.17, 15) is 9.59 Å². The van der Waals surface area contributed by atoms with Gasteiger partial charge in [-0.05, 0) is 38.5 Å². The second-order valence-corrected chi connectivity index (χ2v) is 8.18. The molecule has 1 saturated heterocycles. The molecule has 1 saturated carbocycles. The Morgan fingerprint density at radius 3 is 2.81 bits per heavy atom. The summed E-state index contributed by atoms with van der Waals surface area (Å²) in [6.45, 7) is 2.58. The normalized spacial score (nSPS) is 21.2. The van der Waals surface area contributed by atoms with Crippen molar-refractivity contribution in [2.45, 2.75) is 44.7 Å². The number of hydrogen-bond acceptors (Lipinski definition) is 5. The number of amides is 3. The Hall–Kier alpha value is -2.42. The lowest BCUT2D eigenvalue weighted by Gasteiger charge is -2.31. The van der Waals surface area contributed by atoms with Crippen LogP contribution in [0.1, 0.15) is 42.4 Å². The van der Waals surface area contributed by atoms with Gasteiger partial charge in [-0.15, -0.1) is 11.3 Å². The summed E-state index contributed by atoms with van der Waals surface area (Å²) in [6, 6.07) is 0.905. The Balaban J connectivity index is 1.40. The molecule has 2 fully saturated rings. The third kappa shape index (κ3) is 3.97. The van der Waals surface area contributed by atoms with Crippen LogP contribution in [-0.2, 0) is 11.8 Å². The summed E-state index contributed by atoms with van der Waals surface area (Å²) in [4.78, 5) is 31.6. The Bertz CT molecular complexity index is 843. The Morgan fingerprint density at radius 1 is 1.37 bits per heavy atom. The number of hydrogen-bond donors (Lipinski definition) is 2. The molecule has 27 heavy (non-hydrogen) atoms. The standard InChI is InChI=1S/C18H24N6O2S/c1-11-10-27-16(19-11)15(12-5-6-12)21-18(26)20-13-4-3-8-24(17(13)25)14-7-9-23(2)22-14/h7,9-10,12-13,15H,3-6,8H2,1-2H3,(H2,20,21,26)/t13-,15-/m0/s1. The highest BCUT2D eigenvalue weighted by Crippen LogP contribution is 2.41. The van der Waals surface area contributed by atoms with Crippen molar-refractivity contribution in [3.05, 3.63) is 28.3 Å². The van der Waals surface area contributed by atoms with Gasteiger partial charge in [0, 0.05) is 36.9 Å². The van der Waals surface area contributed by atoms with Gasteiger partial charge >= 0.3 is 6.03 Å². The van der Waals surface area contributed by atoms with Gasteiger partial charge in [0.05, 0.1) is 6.04 Å². The molecule has 3 amide bonds. The minimum Gasteiger partial charge on any atom is -0.329 e. The summed E-state index contributed by atoms with van der Waals surface area (Å²) in [5, 5.41) is 13.2. The van der Waals surface area contributed by atoms with Crippen molar-refractivity contribution in [1.29, 1.82) is 0 Å². The van der Waals surface area contributed by atoms with Crippen LogP contribution in [-0.4, -0.2) is 39.3 Å². The Morgan fingerprint density at radius 2 is 2.19 bits per heavy atom. The number of thiazole rings is 1. The van der Waals surface area contributed by atoms with Crippen molar-refractivity contribution in [2.75, 3.05) is 11.4 Å². The summed E-state index contributed by atoms with van der Waals surface area (Å²) < 4.78 is 1.67.